The maximum absolute atomic E-state index is 10.3. The first-order chi connectivity index (χ1) is 9.43. The quantitative estimate of drug-likeness (QED) is 0.490. The molecule has 115 valence electrons. The Balaban J connectivity index is 0.000000364. The van der Waals surface area contributed by atoms with E-state index in [1.807, 2.05) is 0 Å². The van der Waals surface area contributed by atoms with Crippen LogP contribution in [0.3, 0.4) is 0 Å². The zero-order valence-electron chi connectivity index (χ0n) is 10.8. The molecule has 0 heterocycles. The van der Waals surface area contributed by atoms with Gasteiger partial charge < -0.3 is 21.7 Å². The third-order valence-electron chi connectivity index (χ3n) is 2.38. The van der Waals surface area contributed by atoms with E-state index in [-0.39, 0.29) is 28.2 Å². The molecule has 0 saturated heterocycles. The number of nitrogen functional groups attached to an aromatic ring is 2. The summed E-state index contributed by atoms with van der Waals surface area (Å²) in [6.07, 6.45) is 0. The van der Waals surface area contributed by atoms with Gasteiger partial charge in [0.05, 0.1) is 11.1 Å². The first kappa shape index (κ1) is 18.5. The Labute approximate surface area is 131 Å². The van der Waals surface area contributed by atoms with Gasteiger partial charge in [0, 0.05) is 28.4 Å². The standard InChI is InChI=1S/2C7H7NO2.Cu/c2*8-6-4-2-1-3-5(6)7(9)10;/h2*1-4H,8H2,(H,9,10);. The minimum atomic E-state index is -0.988. The van der Waals surface area contributed by atoms with Crippen LogP contribution in [0, 0.1) is 0 Å². The zero-order chi connectivity index (χ0) is 15.1. The minimum absolute atomic E-state index is 0. The summed E-state index contributed by atoms with van der Waals surface area (Å²) in [6.45, 7) is 0. The summed E-state index contributed by atoms with van der Waals surface area (Å²) in [5.41, 5.74) is 11.6. The maximum atomic E-state index is 10.3. The smallest absolute Gasteiger partial charge is 0.337 e. The average Bonchev–Trinajstić information content (AvgIpc) is 2.40. The minimum Gasteiger partial charge on any atom is -0.478 e. The number of aromatic carboxylic acids is 2. The van der Waals surface area contributed by atoms with Crippen molar-refractivity contribution in [1.29, 1.82) is 0 Å². The Hall–Kier alpha value is -2.50. The molecule has 21 heavy (non-hydrogen) atoms. The van der Waals surface area contributed by atoms with E-state index in [1.165, 1.54) is 12.1 Å². The van der Waals surface area contributed by atoms with Crippen LogP contribution in [0.5, 0.6) is 0 Å². The molecule has 6 N–H and O–H groups in total. The number of hydrogen-bond donors (Lipinski definition) is 4. The van der Waals surface area contributed by atoms with Crippen LogP contribution < -0.4 is 11.5 Å². The largest absolute Gasteiger partial charge is 0.478 e. The molecule has 0 saturated carbocycles. The second-order valence-electron chi connectivity index (χ2n) is 3.78. The van der Waals surface area contributed by atoms with Crippen LogP contribution in [0.15, 0.2) is 48.5 Å². The molecule has 1 radical (unpaired) electrons. The third-order valence-corrected chi connectivity index (χ3v) is 2.38. The number of benzene rings is 2. The number of rotatable bonds is 2. The molecule has 0 aliphatic carbocycles. The van der Waals surface area contributed by atoms with Crippen molar-refractivity contribution in [3.05, 3.63) is 59.7 Å². The van der Waals surface area contributed by atoms with Crippen LogP contribution in [0.4, 0.5) is 11.4 Å². The van der Waals surface area contributed by atoms with Gasteiger partial charge in [0.2, 0.25) is 0 Å². The number of nitrogens with two attached hydrogens (primary N) is 2. The number of hydrogen-bond acceptors (Lipinski definition) is 4. The van der Waals surface area contributed by atoms with Gasteiger partial charge in [-0.25, -0.2) is 9.59 Å². The zero-order valence-corrected chi connectivity index (χ0v) is 11.7. The normalized spacial score (nSPS) is 8.76. The number of carboxylic acid groups (broad SMARTS) is 2. The van der Waals surface area contributed by atoms with Crippen molar-refractivity contribution in [3.63, 3.8) is 0 Å². The predicted molar refractivity (Wildman–Crippen MR) is 75.6 cm³/mol. The van der Waals surface area contributed by atoms with Crippen LogP contribution in [0.1, 0.15) is 20.7 Å². The van der Waals surface area contributed by atoms with Crippen molar-refractivity contribution in [2.45, 2.75) is 0 Å². The van der Waals surface area contributed by atoms with Crippen molar-refractivity contribution in [2.24, 2.45) is 0 Å². The Morgan fingerprint density at radius 2 is 1.00 bits per heavy atom. The molecule has 0 aliphatic heterocycles. The molecule has 0 atom stereocenters. The van der Waals surface area contributed by atoms with E-state index in [4.69, 9.17) is 21.7 Å². The topological polar surface area (TPSA) is 127 Å². The Morgan fingerprint density at radius 1 is 0.714 bits per heavy atom. The molecule has 6 nitrogen and oxygen atoms in total. The van der Waals surface area contributed by atoms with Gasteiger partial charge in [-0.05, 0) is 24.3 Å². The SMILES string of the molecule is Nc1ccccc1C(=O)O.Nc1ccccc1C(=O)O.[Cu]. The predicted octanol–water partition coefficient (Wildman–Crippen LogP) is 1.93. The van der Waals surface area contributed by atoms with Crippen molar-refractivity contribution in [1.82, 2.24) is 0 Å². The second-order valence-corrected chi connectivity index (χ2v) is 3.78. The molecule has 7 heteroatoms. The number of anilines is 2. The molecule has 0 spiro atoms. The van der Waals surface area contributed by atoms with E-state index in [0.717, 1.165) is 0 Å². The van der Waals surface area contributed by atoms with Crippen molar-refractivity contribution < 1.29 is 36.9 Å². The van der Waals surface area contributed by atoms with E-state index in [2.05, 4.69) is 0 Å². The van der Waals surface area contributed by atoms with Crippen LogP contribution >= 0.6 is 0 Å². The second kappa shape index (κ2) is 8.63. The van der Waals surface area contributed by atoms with Crippen molar-refractivity contribution in [3.8, 4) is 0 Å². The molecular weight excluding hydrogens is 324 g/mol. The van der Waals surface area contributed by atoms with E-state index in [9.17, 15) is 9.59 Å². The van der Waals surface area contributed by atoms with Crippen LogP contribution in [0.2, 0.25) is 0 Å². The fraction of sp³-hybridized carbons (Fsp3) is 0. The van der Waals surface area contributed by atoms with Gasteiger partial charge in [-0.15, -0.1) is 0 Å². The molecule has 0 unspecified atom stereocenters. The molecule has 2 aromatic rings. The molecule has 0 aliphatic rings. The molecule has 0 aromatic heterocycles. The molecule has 0 amide bonds. The van der Waals surface area contributed by atoms with Crippen LogP contribution in [-0.4, -0.2) is 22.2 Å². The summed E-state index contributed by atoms with van der Waals surface area (Å²) in [5.74, 6) is -1.98. The van der Waals surface area contributed by atoms with Gasteiger partial charge >= 0.3 is 11.9 Å². The summed E-state index contributed by atoms with van der Waals surface area (Å²) in [5, 5.41) is 17.0. The van der Waals surface area contributed by atoms with Crippen LogP contribution in [0.25, 0.3) is 0 Å². The van der Waals surface area contributed by atoms with Gasteiger partial charge in [-0.3, -0.25) is 0 Å². The summed E-state index contributed by atoms with van der Waals surface area (Å²) in [6, 6.07) is 12.7. The molecular formula is C14H14CuN2O4. The van der Waals surface area contributed by atoms with E-state index >= 15 is 0 Å². The monoisotopic (exact) mass is 337 g/mol. The third kappa shape index (κ3) is 5.56. The first-order valence-corrected chi connectivity index (χ1v) is 5.59. The Bertz CT molecular complexity index is 576. The van der Waals surface area contributed by atoms with Crippen molar-refractivity contribution in [2.75, 3.05) is 11.5 Å². The number of para-hydroxylation sites is 2. The van der Waals surface area contributed by atoms with Crippen LogP contribution in [-0.2, 0) is 17.1 Å². The average molecular weight is 338 g/mol. The van der Waals surface area contributed by atoms with Gasteiger partial charge in [0.1, 0.15) is 0 Å². The van der Waals surface area contributed by atoms with Gasteiger partial charge in [-0.1, -0.05) is 24.3 Å². The molecule has 0 fully saturated rings. The van der Waals surface area contributed by atoms with Crippen molar-refractivity contribution >= 4 is 23.3 Å². The van der Waals surface area contributed by atoms with Gasteiger partial charge in [-0.2, -0.15) is 0 Å². The van der Waals surface area contributed by atoms with E-state index in [0.29, 0.717) is 11.4 Å². The van der Waals surface area contributed by atoms with Gasteiger partial charge in [0.25, 0.3) is 0 Å². The number of carbonyl (C=O) groups is 2. The van der Waals surface area contributed by atoms with Gasteiger partial charge in [0.15, 0.2) is 0 Å². The first-order valence-electron chi connectivity index (χ1n) is 5.59. The van der Waals surface area contributed by atoms with E-state index < -0.39 is 11.9 Å². The maximum Gasteiger partial charge on any atom is 0.337 e. The summed E-state index contributed by atoms with van der Waals surface area (Å²) in [7, 11) is 0. The Kier molecular flexibility index (Phi) is 7.60. The fourth-order valence-electron chi connectivity index (χ4n) is 1.38. The summed E-state index contributed by atoms with van der Waals surface area (Å²) in [4.78, 5) is 20.7. The fourth-order valence-corrected chi connectivity index (χ4v) is 1.38. The molecule has 0 bridgehead atoms. The number of carboxylic acids is 2. The van der Waals surface area contributed by atoms with E-state index in [1.54, 1.807) is 36.4 Å². The summed E-state index contributed by atoms with van der Waals surface area (Å²) < 4.78 is 0. The summed E-state index contributed by atoms with van der Waals surface area (Å²) >= 11 is 0. The molecule has 2 rings (SSSR count). The Morgan fingerprint density at radius 3 is 1.19 bits per heavy atom. The molecule has 2 aromatic carbocycles.